The van der Waals surface area contributed by atoms with Crippen molar-refractivity contribution in [1.29, 1.82) is 0 Å². The first-order valence-electron chi connectivity index (χ1n) is 7.75. The molecule has 1 unspecified atom stereocenters. The SMILES string of the molecule is CN(c1cc(F)c(S(=O)(=O)Nc2cscn2)cc1C(F)F)C1CCNC1. The summed E-state index contributed by atoms with van der Waals surface area (Å²) in [5.74, 6) is -1.09. The molecule has 6 nitrogen and oxygen atoms in total. The van der Waals surface area contributed by atoms with Crippen LogP contribution >= 0.6 is 11.3 Å². The lowest BCUT2D eigenvalue weighted by atomic mass is 10.1. The topological polar surface area (TPSA) is 74.3 Å². The third-order valence-corrected chi connectivity index (χ3v) is 6.20. The van der Waals surface area contributed by atoms with E-state index in [-0.39, 0.29) is 17.5 Å². The number of sulfonamides is 1. The Kier molecular flexibility index (Phi) is 5.39. The lowest BCUT2D eigenvalue weighted by Crippen LogP contribution is -2.34. The van der Waals surface area contributed by atoms with Crippen molar-refractivity contribution in [1.82, 2.24) is 10.3 Å². The molecule has 11 heteroatoms. The normalized spacial score (nSPS) is 17.7. The van der Waals surface area contributed by atoms with Gasteiger partial charge in [-0.25, -0.2) is 26.6 Å². The van der Waals surface area contributed by atoms with Crippen molar-refractivity contribution in [3.8, 4) is 0 Å². The Bertz CT molecular complexity index is 869. The molecule has 1 aromatic carbocycles. The van der Waals surface area contributed by atoms with E-state index in [1.54, 1.807) is 11.9 Å². The molecule has 0 amide bonds. The minimum absolute atomic E-state index is 0.00576. The molecule has 3 rings (SSSR count). The number of anilines is 2. The van der Waals surface area contributed by atoms with Crippen molar-refractivity contribution in [3.63, 3.8) is 0 Å². The van der Waals surface area contributed by atoms with Crippen LogP contribution in [0.2, 0.25) is 0 Å². The minimum Gasteiger partial charge on any atom is -0.370 e. The number of benzene rings is 1. The van der Waals surface area contributed by atoms with Crippen LogP contribution in [0.4, 0.5) is 24.7 Å². The summed E-state index contributed by atoms with van der Waals surface area (Å²) in [6, 6.07) is 1.49. The average Bonchev–Trinajstić information content (AvgIpc) is 3.26. The number of hydrogen-bond donors (Lipinski definition) is 2. The fraction of sp³-hybridized carbons (Fsp3) is 0.400. The monoisotopic (exact) mass is 406 g/mol. The molecule has 1 aliphatic rings. The average molecular weight is 406 g/mol. The Balaban J connectivity index is 2.01. The van der Waals surface area contributed by atoms with E-state index in [0.29, 0.717) is 12.6 Å². The number of thiazole rings is 1. The number of alkyl halides is 2. The maximum absolute atomic E-state index is 14.5. The highest BCUT2D eigenvalue weighted by Crippen LogP contribution is 2.35. The lowest BCUT2D eigenvalue weighted by molar-refractivity contribution is 0.151. The molecule has 1 aromatic heterocycles. The van der Waals surface area contributed by atoms with Gasteiger partial charge in [0.2, 0.25) is 0 Å². The smallest absolute Gasteiger partial charge is 0.266 e. The largest absolute Gasteiger partial charge is 0.370 e. The zero-order valence-electron chi connectivity index (χ0n) is 13.7. The molecule has 0 radical (unpaired) electrons. The molecule has 142 valence electrons. The number of halogens is 3. The fourth-order valence-corrected chi connectivity index (χ4v) is 4.52. The Morgan fingerprint density at radius 2 is 2.19 bits per heavy atom. The fourth-order valence-electron chi connectivity index (χ4n) is 2.87. The number of nitrogens with one attached hydrogen (secondary N) is 2. The highest BCUT2D eigenvalue weighted by Gasteiger charge is 2.29. The van der Waals surface area contributed by atoms with Gasteiger partial charge in [0.05, 0.1) is 5.51 Å². The van der Waals surface area contributed by atoms with E-state index in [1.807, 2.05) is 0 Å². The first-order valence-corrected chi connectivity index (χ1v) is 10.2. The Labute approximate surface area is 153 Å². The maximum atomic E-state index is 14.5. The number of hydrogen-bond acceptors (Lipinski definition) is 6. The molecule has 2 heterocycles. The third-order valence-electron chi connectivity index (χ3n) is 4.24. The Morgan fingerprint density at radius 1 is 1.42 bits per heavy atom. The highest BCUT2D eigenvalue weighted by atomic mass is 32.2. The molecular formula is C15H17F3N4O2S2. The molecule has 0 bridgehead atoms. The third kappa shape index (κ3) is 3.79. The second-order valence-electron chi connectivity index (χ2n) is 5.88. The lowest BCUT2D eigenvalue weighted by Gasteiger charge is -2.28. The second-order valence-corrected chi connectivity index (χ2v) is 8.25. The van der Waals surface area contributed by atoms with Crippen molar-refractivity contribution in [2.45, 2.75) is 23.8 Å². The number of likely N-dealkylation sites (N-methyl/N-ethyl adjacent to an activating group) is 1. The molecule has 0 aliphatic carbocycles. The van der Waals surface area contributed by atoms with Crippen LogP contribution in [-0.2, 0) is 10.0 Å². The van der Waals surface area contributed by atoms with Gasteiger partial charge in [0.1, 0.15) is 10.7 Å². The van der Waals surface area contributed by atoms with Gasteiger partial charge in [-0.15, -0.1) is 11.3 Å². The molecule has 26 heavy (non-hydrogen) atoms. The van der Waals surface area contributed by atoms with Gasteiger partial charge in [-0.05, 0) is 25.1 Å². The summed E-state index contributed by atoms with van der Waals surface area (Å²) in [4.78, 5) is 4.49. The van der Waals surface area contributed by atoms with Gasteiger partial charge in [-0.2, -0.15) is 0 Å². The summed E-state index contributed by atoms with van der Waals surface area (Å²) in [5, 5.41) is 4.53. The van der Waals surface area contributed by atoms with Crippen molar-refractivity contribution >= 4 is 32.9 Å². The van der Waals surface area contributed by atoms with Gasteiger partial charge >= 0.3 is 0 Å². The van der Waals surface area contributed by atoms with Crippen LogP contribution in [0.5, 0.6) is 0 Å². The van der Waals surface area contributed by atoms with E-state index in [1.165, 1.54) is 10.9 Å². The molecule has 1 aliphatic heterocycles. The maximum Gasteiger partial charge on any atom is 0.266 e. The van der Waals surface area contributed by atoms with Gasteiger partial charge in [-0.1, -0.05) is 0 Å². The van der Waals surface area contributed by atoms with E-state index < -0.39 is 32.7 Å². The van der Waals surface area contributed by atoms with Crippen LogP contribution in [0.25, 0.3) is 0 Å². The summed E-state index contributed by atoms with van der Waals surface area (Å²) >= 11 is 1.14. The van der Waals surface area contributed by atoms with E-state index in [9.17, 15) is 21.6 Å². The predicted molar refractivity (Wildman–Crippen MR) is 94.0 cm³/mol. The summed E-state index contributed by atoms with van der Waals surface area (Å²) in [6.45, 7) is 1.33. The molecule has 0 saturated carbocycles. The van der Waals surface area contributed by atoms with Crippen LogP contribution in [0.15, 0.2) is 27.9 Å². The van der Waals surface area contributed by atoms with Gasteiger partial charge in [-0.3, -0.25) is 4.72 Å². The minimum atomic E-state index is -4.38. The van der Waals surface area contributed by atoms with Crippen LogP contribution in [0.1, 0.15) is 18.4 Å². The van der Waals surface area contributed by atoms with Crippen molar-refractivity contribution in [2.75, 3.05) is 29.8 Å². The summed E-state index contributed by atoms with van der Waals surface area (Å²) < 4.78 is 68.5. The second kappa shape index (κ2) is 7.41. The van der Waals surface area contributed by atoms with Crippen molar-refractivity contribution in [3.05, 3.63) is 34.4 Å². The van der Waals surface area contributed by atoms with Crippen LogP contribution in [0, 0.1) is 5.82 Å². The quantitative estimate of drug-likeness (QED) is 0.772. The summed E-state index contributed by atoms with van der Waals surface area (Å²) in [7, 11) is -2.78. The molecule has 2 N–H and O–H groups in total. The van der Waals surface area contributed by atoms with Gasteiger partial charge in [0.25, 0.3) is 16.4 Å². The molecule has 1 fully saturated rings. The number of nitrogens with zero attached hydrogens (tertiary/aromatic N) is 2. The van der Waals surface area contributed by atoms with E-state index >= 15 is 0 Å². The van der Waals surface area contributed by atoms with Gasteiger partial charge in [0.15, 0.2) is 5.82 Å². The molecule has 1 atom stereocenters. The summed E-state index contributed by atoms with van der Waals surface area (Å²) in [6.07, 6.45) is -2.22. The standard InChI is InChI=1S/C15H17F3N4O2S2/c1-22(9-2-3-19-6-9)12-5-11(16)13(4-10(12)15(17)18)26(23,24)21-14-7-25-8-20-14/h4-5,7-9,15,19,21H,2-3,6H2,1H3. The Morgan fingerprint density at radius 3 is 2.77 bits per heavy atom. The molecular weight excluding hydrogens is 389 g/mol. The Hall–Kier alpha value is -1.85. The van der Waals surface area contributed by atoms with Crippen LogP contribution in [-0.4, -0.2) is 39.6 Å². The predicted octanol–water partition coefficient (Wildman–Crippen LogP) is 2.82. The van der Waals surface area contributed by atoms with Crippen LogP contribution in [0.3, 0.4) is 0 Å². The van der Waals surface area contributed by atoms with Crippen LogP contribution < -0.4 is 14.9 Å². The van der Waals surface area contributed by atoms with Crippen molar-refractivity contribution in [2.24, 2.45) is 0 Å². The number of rotatable bonds is 6. The molecule has 1 saturated heterocycles. The summed E-state index contributed by atoms with van der Waals surface area (Å²) in [5.41, 5.74) is 0.852. The van der Waals surface area contributed by atoms with E-state index in [2.05, 4.69) is 15.0 Å². The first-order chi connectivity index (χ1) is 12.3. The number of aromatic nitrogens is 1. The molecule has 2 aromatic rings. The van der Waals surface area contributed by atoms with Gasteiger partial charge < -0.3 is 10.2 Å². The molecule has 0 spiro atoms. The van der Waals surface area contributed by atoms with E-state index in [4.69, 9.17) is 0 Å². The van der Waals surface area contributed by atoms with Gasteiger partial charge in [0, 0.05) is 36.3 Å². The highest BCUT2D eigenvalue weighted by molar-refractivity contribution is 7.92. The zero-order valence-corrected chi connectivity index (χ0v) is 15.4. The zero-order chi connectivity index (χ0) is 18.9. The van der Waals surface area contributed by atoms with Crippen molar-refractivity contribution < 1.29 is 21.6 Å². The first kappa shape index (κ1) is 18.9. The van der Waals surface area contributed by atoms with E-state index in [0.717, 1.165) is 30.4 Å².